The lowest BCUT2D eigenvalue weighted by molar-refractivity contribution is 0.0899. The molecular weight excluding hydrogens is 480 g/mol. The Labute approximate surface area is 209 Å². The molecule has 4 heterocycles. The van der Waals surface area contributed by atoms with Crippen molar-refractivity contribution in [3.8, 4) is 11.3 Å². The van der Waals surface area contributed by atoms with Gasteiger partial charge in [-0.1, -0.05) is 19.6 Å². The second-order valence-electron chi connectivity index (χ2n) is 10.6. The van der Waals surface area contributed by atoms with E-state index in [4.69, 9.17) is 9.72 Å². The molecule has 1 aliphatic rings. The molecule has 190 valence electrons. The highest BCUT2D eigenvalue weighted by atomic mass is 32.2. The zero-order chi connectivity index (χ0) is 25.2. The molecule has 0 radical (unpaired) electrons. The number of ether oxygens (including phenoxy) is 1. The zero-order valence-corrected chi connectivity index (χ0v) is 23.0. The van der Waals surface area contributed by atoms with Crippen molar-refractivity contribution >= 4 is 35.1 Å². The molecule has 1 fully saturated rings. The zero-order valence-electron chi connectivity index (χ0n) is 21.2. The van der Waals surface area contributed by atoms with Gasteiger partial charge in [-0.15, -0.1) is 0 Å². The van der Waals surface area contributed by atoms with Gasteiger partial charge in [0.25, 0.3) is 0 Å². The van der Waals surface area contributed by atoms with Crippen LogP contribution >= 0.6 is 0 Å². The SMILES string of the molecule is CC(C)S(=O)(=O)N1CCC(Nc2ncccc2-c2cnc3c(ccn3COCC[Si](C)(C)C)n2)C1. The number of rotatable bonds is 10. The number of fused-ring (bicyclic) bond motifs is 1. The quantitative estimate of drug-likeness (QED) is 0.321. The van der Waals surface area contributed by atoms with Crippen LogP contribution in [0.25, 0.3) is 22.4 Å². The molecule has 1 aliphatic heterocycles. The lowest BCUT2D eigenvalue weighted by Crippen LogP contribution is -2.36. The molecule has 9 nitrogen and oxygen atoms in total. The van der Waals surface area contributed by atoms with Gasteiger partial charge in [-0.25, -0.2) is 23.4 Å². The van der Waals surface area contributed by atoms with Crippen molar-refractivity contribution in [2.24, 2.45) is 0 Å². The number of nitrogens with zero attached hydrogens (tertiary/aromatic N) is 5. The number of nitrogens with one attached hydrogen (secondary N) is 1. The second kappa shape index (κ2) is 10.3. The van der Waals surface area contributed by atoms with Gasteiger partial charge in [-0.3, -0.25) is 0 Å². The van der Waals surface area contributed by atoms with Gasteiger partial charge in [0.1, 0.15) is 18.1 Å². The molecule has 1 unspecified atom stereocenters. The average Bonchev–Trinajstić information content (AvgIpc) is 3.43. The number of sulfonamides is 1. The highest BCUT2D eigenvalue weighted by Gasteiger charge is 2.33. The maximum Gasteiger partial charge on any atom is 0.216 e. The van der Waals surface area contributed by atoms with Crippen molar-refractivity contribution in [2.45, 2.75) is 64.0 Å². The lowest BCUT2D eigenvalue weighted by atomic mass is 10.1. The molecule has 35 heavy (non-hydrogen) atoms. The first-order valence-corrected chi connectivity index (χ1v) is 17.4. The Morgan fingerprint density at radius 1 is 1.23 bits per heavy atom. The van der Waals surface area contributed by atoms with Crippen LogP contribution in [0.1, 0.15) is 20.3 Å². The first-order valence-electron chi connectivity index (χ1n) is 12.1. The van der Waals surface area contributed by atoms with E-state index in [1.54, 1.807) is 30.5 Å². The molecular formula is C24H36N6O3SSi. The van der Waals surface area contributed by atoms with E-state index in [1.807, 2.05) is 29.0 Å². The van der Waals surface area contributed by atoms with E-state index in [-0.39, 0.29) is 6.04 Å². The number of pyridine rings is 1. The summed E-state index contributed by atoms with van der Waals surface area (Å²) >= 11 is 0. The van der Waals surface area contributed by atoms with Crippen LogP contribution < -0.4 is 5.32 Å². The summed E-state index contributed by atoms with van der Waals surface area (Å²) in [7, 11) is -4.38. The molecule has 0 aliphatic carbocycles. The summed E-state index contributed by atoms with van der Waals surface area (Å²) in [6, 6.07) is 6.89. The summed E-state index contributed by atoms with van der Waals surface area (Å²) in [6.45, 7) is 12.6. The van der Waals surface area contributed by atoms with E-state index in [1.165, 1.54) is 0 Å². The van der Waals surface area contributed by atoms with Crippen molar-refractivity contribution in [3.63, 3.8) is 0 Å². The van der Waals surface area contributed by atoms with Gasteiger partial charge in [0.2, 0.25) is 10.0 Å². The fraction of sp³-hybridized carbons (Fsp3) is 0.542. The number of hydrogen-bond donors (Lipinski definition) is 1. The van der Waals surface area contributed by atoms with E-state index in [9.17, 15) is 8.42 Å². The summed E-state index contributed by atoms with van der Waals surface area (Å²) in [4.78, 5) is 14.0. The smallest absolute Gasteiger partial charge is 0.216 e. The van der Waals surface area contributed by atoms with Gasteiger partial charge in [0.05, 0.1) is 17.1 Å². The van der Waals surface area contributed by atoms with Crippen LogP contribution in [0.5, 0.6) is 0 Å². The molecule has 11 heteroatoms. The van der Waals surface area contributed by atoms with E-state index in [2.05, 4.69) is 34.9 Å². The van der Waals surface area contributed by atoms with E-state index in [0.29, 0.717) is 25.6 Å². The van der Waals surface area contributed by atoms with Crippen molar-refractivity contribution < 1.29 is 13.2 Å². The van der Waals surface area contributed by atoms with Crippen molar-refractivity contribution in [3.05, 3.63) is 36.8 Å². The van der Waals surface area contributed by atoms with Crippen LogP contribution in [-0.4, -0.2) is 71.3 Å². The van der Waals surface area contributed by atoms with Crippen molar-refractivity contribution in [2.75, 3.05) is 25.0 Å². The Morgan fingerprint density at radius 2 is 2.03 bits per heavy atom. The van der Waals surface area contributed by atoms with Crippen molar-refractivity contribution in [1.82, 2.24) is 23.8 Å². The van der Waals surface area contributed by atoms with Crippen LogP contribution in [0.4, 0.5) is 5.82 Å². The molecule has 1 atom stereocenters. The van der Waals surface area contributed by atoms with Gasteiger partial charge in [-0.2, -0.15) is 4.31 Å². The molecule has 3 aromatic rings. The van der Waals surface area contributed by atoms with Gasteiger partial charge in [0, 0.05) is 51.8 Å². The highest BCUT2D eigenvalue weighted by Crippen LogP contribution is 2.28. The summed E-state index contributed by atoms with van der Waals surface area (Å²) in [5.41, 5.74) is 3.13. The maximum absolute atomic E-state index is 12.5. The number of hydrogen-bond acceptors (Lipinski definition) is 7. The van der Waals surface area contributed by atoms with Crippen LogP contribution in [0, 0.1) is 0 Å². The molecule has 1 saturated heterocycles. The molecule has 0 aromatic carbocycles. The van der Waals surface area contributed by atoms with Crippen molar-refractivity contribution in [1.29, 1.82) is 0 Å². The largest absolute Gasteiger partial charge is 0.365 e. The lowest BCUT2D eigenvalue weighted by Gasteiger charge is -2.20. The van der Waals surface area contributed by atoms with Gasteiger partial charge < -0.3 is 14.6 Å². The first kappa shape index (κ1) is 25.7. The molecule has 3 aromatic heterocycles. The van der Waals surface area contributed by atoms with E-state index < -0.39 is 23.3 Å². The minimum atomic E-state index is -3.26. The number of aromatic nitrogens is 4. The summed E-state index contributed by atoms with van der Waals surface area (Å²) in [5.74, 6) is 0.684. The molecule has 0 bridgehead atoms. The Hall–Kier alpha value is -2.34. The first-order chi connectivity index (χ1) is 16.5. The normalized spacial score (nSPS) is 17.5. The average molecular weight is 517 g/mol. The fourth-order valence-corrected chi connectivity index (χ4v) is 6.13. The van der Waals surface area contributed by atoms with E-state index in [0.717, 1.165) is 41.5 Å². The van der Waals surface area contributed by atoms with E-state index >= 15 is 0 Å². The second-order valence-corrected chi connectivity index (χ2v) is 18.7. The predicted molar refractivity (Wildman–Crippen MR) is 143 cm³/mol. The molecule has 0 spiro atoms. The fourth-order valence-electron chi connectivity index (χ4n) is 4.03. The minimum absolute atomic E-state index is 0.0109. The summed E-state index contributed by atoms with van der Waals surface area (Å²) < 4.78 is 34.5. The third-order valence-electron chi connectivity index (χ3n) is 6.22. The third-order valence-corrected chi connectivity index (χ3v) is 10.2. The number of anilines is 1. The molecule has 4 rings (SSSR count). The standard InChI is InChI=1S/C24H36N6O3SSi/c1-18(2)34(31,32)30-12-8-19(16-30)27-23-20(7-6-10-25-23)22-15-26-24-21(28-22)9-11-29(24)17-33-13-14-35(3,4)5/h6-7,9-11,15,18-19H,8,12-14,16-17H2,1-5H3,(H,25,27). The Balaban J connectivity index is 1.47. The topological polar surface area (TPSA) is 102 Å². The monoisotopic (exact) mass is 516 g/mol. The molecule has 0 amide bonds. The van der Waals surface area contributed by atoms with Gasteiger partial charge >= 0.3 is 0 Å². The Bertz CT molecular complexity index is 1270. The summed E-state index contributed by atoms with van der Waals surface area (Å²) in [5, 5.41) is 3.02. The van der Waals surface area contributed by atoms with Crippen LogP contribution in [-0.2, 0) is 21.5 Å². The predicted octanol–water partition coefficient (Wildman–Crippen LogP) is 4.03. The van der Waals surface area contributed by atoms with Gasteiger partial charge in [-0.05, 0) is 44.5 Å². The molecule has 1 N–H and O–H groups in total. The molecule has 0 saturated carbocycles. The third kappa shape index (κ3) is 6.08. The highest BCUT2D eigenvalue weighted by molar-refractivity contribution is 7.89. The van der Waals surface area contributed by atoms with Gasteiger partial charge in [0.15, 0.2) is 5.65 Å². The minimum Gasteiger partial charge on any atom is -0.365 e. The maximum atomic E-state index is 12.5. The summed E-state index contributed by atoms with van der Waals surface area (Å²) in [6.07, 6.45) is 6.16. The van der Waals surface area contributed by atoms with Crippen LogP contribution in [0.3, 0.4) is 0 Å². The Kier molecular flexibility index (Phi) is 7.60. The van der Waals surface area contributed by atoms with Crippen LogP contribution in [0.15, 0.2) is 36.8 Å². The Morgan fingerprint density at radius 3 is 2.77 bits per heavy atom. The van der Waals surface area contributed by atoms with Crippen LogP contribution in [0.2, 0.25) is 25.7 Å².